The number of rotatable bonds is 2. The summed E-state index contributed by atoms with van der Waals surface area (Å²) in [5.74, 6) is 0.263. The lowest BCUT2D eigenvalue weighted by Crippen LogP contribution is -2.07. The lowest BCUT2D eigenvalue weighted by molar-refractivity contribution is 0.643. The first-order valence-corrected chi connectivity index (χ1v) is 3.46. The van der Waals surface area contributed by atoms with E-state index in [1.807, 2.05) is 19.0 Å². The lowest BCUT2D eigenvalue weighted by atomic mass is 10.5. The molecule has 0 fully saturated rings. The van der Waals surface area contributed by atoms with Gasteiger partial charge in [-0.05, 0) is 0 Å². The molecule has 5 heteroatoms. The van der Waals surface area contributed by atoms with E-state index >= 15 is 0 Å². The van der Waals surface area contributed by atoms with Gasteiger partial charge in [-0.25, -0.2) is 15.0 Å². The van der Waals surface area contributed by atoms with E-state index in [0.717, 1.165) is 0 Å². The van der Waals surface area contributed by atoms with Crippen LogP contribution < -0.4 is 5.73 Å². The van der Waals surface area contributed by atoms with Gasteiger partial charge in [0.15, 0.2) is 0 Å². The van der Waals surface area contributed by atoms with Crippen LogP contribution in [-0.2, 0) is 0 Å². The summed E-state index contributed by atoms with van der Waals surface area (Å²) in [7, 11) is 3.78. The third-order valence-electron chi connectivity index (χ3n) is 1.10. The van der Waals surface area contributed by atoms with Crippen LogP contribution in [0.15, 0.2) is 17.4 Å². The molecule has 0 unspecified atom stereocenters. The standard InChI is InChI=1S/C7H11N5/c1-12(2)5-11-6-3-9-7(8)10-4-6/h3-5H,1-2H3,(H2,8,9,10). The molecule has 0 aromatic carbocycles. The SMILES string of the molecule is CN(C)C=Nc1cnc(N)nc1. The molecular weight excluding hydrogens is 154 g/mol. The quantitative estimate of drug-likeness (QED) is 0.505. The van der Waals surface area contributed by atoms with Crippen LogP contribution in [0.25, 0.3) is 0 Å². The van der Waals surface area contributed by atoms with Crippen molar-refractivity contribution in [2.75, 3.05) is 19.8 Å². The first-order valence-electron chi connectivity index (χ1n) is 3.46. The van der Waals surface area contributed by atoms with Crippen molar-refractivity contribution >= 4 is 18.0 Å². The summed E-state index contributed by atoms with van der Waals surface area (Å²) >= 11 is 0. The highest BCUT2D eigenvalue weighted by Crippen LogP contribution is 2.06. The molecule has 0 bridgehead atoms. The molecule has 0 amide bonds. The highest BCUT2D eigenvalue weighted by Gasteiger charge is 1.89. The van der Waals surface area contributed by atoms with Gasteiger partial charge in [0, 0.05) is 14.1 Å². The van der Waals surface area contributed by atoms with Gasteiger partial charge in [0.2, 0.25) is 5.95 Å². The van der Waals surface area contributed by atoms with Crippen molar-refractivity contribution in [3.8, 4) is 0 Å². The maximum absolute atomic E-state index is 5.30. The molecule has 0 atom stereocenters. The third-order valence-corrected chi connectivity index (χ3v) is 1.10. The first-order chi connectivity index (χ1) is 5.68. The van der Waals surface area contributed by atoms with Gasteiger partial charge < -0.3 is 10.6 Å². The Bertz CT molecular complexity index is 264. The first kappa shape index (κ1) is 8.45. The average molecular weight is 165 g/mol. The van der Waals surface area contributed by atoms with Crippen LogP contribution in [0.5, 0.6) is 0 Å². The summed E-state index contributed by atoms with van der Waals surface area (Å²) in [4.78, 5) is 13.5. The van der Waals surface area contributed by atoms with E-state index in [2.05, 4.69) is 15.0 Å². The smallest absolute Gasteiger partial charge is 0.220 e. The van der Waals surface area contributed by atoms with Crippen molar-refractivity contribution in [2.24, 2.45) is 4.99 Å². The normalized spacial score (nSPS) is 10.5. The molecule has 0 aliphatic carbocycles. The molecule has 0 spiro atoms. The Morgan fingerprint density at radius 2 is 2.00 bits per heavy atom. The van der Waals surface area contributed by atoms with Gasteiger partial charge in [0.05, 0.1) is 18.7 Å². The van der Waals surface area contributed by atoms with E-state index in [-0.39, 0.29) is 5.95 Å². The Morgan fingerprint density at radius 1 is 1.42 bits per heavy atom. The van der Waals surface area contributed by atoms with Gasteiger partial charge in [-0.15, -0.1) is 0 Å². The minimum atomic E-state index is 0.263. The van der Waals surface area contributed by atoms with Gasteiger partial charge >= 0.3 is 0 Å². The zero-order valence-electron chi connectivity index (χ0n) is 7.10. The minimum Gasteiger partial charge on any atom is -0.369 e. The van der Waals surface area contributed by atoms with Gasteiger partial charge in [-0.2, -0.15) is 0 Å². The lowest BCUT2D eigenvalue weighted by Gasteiger charge is -2.01. The van der Waals surface area contributed by atoms with Crippen LogP contribution in [-0.4, -0.2) is 35.3 Å². The second kappa shape index (κ2) is 3.66. The van der Waals surface area contributed by atoms with Gasteiger partial charge in [-0.3, -0.25) is 0 Å². The molecule has 1 heterocycles. The third kappa shape index (κ3) is 2.53. The fourth-order valence-corrected chi connectivity index (χ4v) is 0.580. The number of anilines is 1. The fraction of sp³-hybridized carbons (Fsp3) is 0.286. The maximum atomic E-state index is 5.30. The van der Waals surface area contributed by atoms with E-state index in [9.17, 15) is 0 Å². The predicted molar refractivity (Wildman–Crippen MR) is 48.3 cm³/mol. The summed E-state index contributed by atoms with van der Waals surface area (Å²) in [6, 6.07) is 0. The number of nitrogen functional groups attached to an aromatic ring is 1. The van der Waals surface area contributed by atoms with E-state index in [1.54, 1.807) is 18.7 Å². The molecule has 1 rings (SSSR count). The van der Waals surface area contributed by atoms with E-state index < -0.39 is 0 Å². The van der Waals surface area contributed by atoms with Crippen molar-refractivity contribution in [3.63, 3.8) is 0 Å². The van der Waals surface area contributed by atoms with Crippen molar-refractivity contribution in [1.82, 2.24) is 14.9 Å². The molecule has 1 aromatic heterocycles. The summed E-state index contributed by atoms with van der Waals surface area (Å²) in [6.07, 6.45) is 4.82. The number of nitrogens with two attached hydrogens (primary N) is 1. The molecule has 0 saturated heterocycles. The second-order valence-corrected chi connectivity index (χ2v) is 2.51. The Labute approximate surface area is 71.0 Å². The van der Waals surface area contributed by atoms with E-state index in [1.165, 1.54) is 0 Å². The summed E-state index contributed by atoms with van der Waals surface area (Å²) in [6.45, 7) is 0. The van der Waals surface area contributed by atoms with Crippen LogP contribution in [0.4, 0.5) is 11.6 Å². The van der Waals surface area contributed by atoms with Crippen LogP contribution in [0, 0.1) is 0 Å². The van der Waals surface area contributed by atoms with Crippen LogP contribution >= 0.6 is 0 Å². The average Bonchev–Trinajstić information content (AvgIpc) is 2.03. The van der Waals surface area contributed by atoms with E-state index in [4.69, 9.17) is 5.73 Å². The monoisotopic (exact) mass is 165 g/mol. The molecule has 64 valence electrons. The highest BCUT2D eigenvalue weighted by molar-refractivity contribution is 5.59. The number of aliphatic imine (C=N–C) groups is 1. The minimum absolute atomic E-state index is 0.263. The molecule has 12 heavy (non-hydrogen) atoms. The Morgan fingerprint density at radius 3 is 2.50 bits per heavy atom. The zero-order chi connectivity index (χ0) is 8.97. The Kier molecular flexibility index (Phi) is 2.57. The van der Waals surface area contributed by atoms with Gasteiger partial charge in [0.1, 0.15) is 5.69 Å². The fourth-order valence-electron chi connectivity index (χ4n) is 0.580. The predicted octanol–water partition coefficient (Wildman–Crippen LogP) is 0.280. The Balaban J connectivity index is 2.71. The summed E-state index contributed by atoms with van der Waals surface area (Å²) in [5, 5.41) is 0. The number of aromatic nitrogens is 2. The van der Waals surface area contributed by atoms with Gasteiger partial charge in [-0.1, -0.05) is 0 Å². The molecule has 1 aromatic rings. The number of hydrogen-bond donors (Lipinski definition) is 1. The number of hydrogen-bond acceptors (Lipinski definition) is 4. The topological polar surface area (TPSA) is 67.4 Å². The van der Waals surface area contributed by atoms with Crippen molar-refractivity contribution in [1.29, 1.82) is 0 Å². The molecule has 5 nitrogen and oxygen atoms in total. The van der Waals surface area contributed by atoms with Gasteiger partial charge in [0.25, 0.3) is 0 Å². The van der Waals surface area contributed by atoms with Crippen molar-refractivity contribution < 1.29 is 0 Å². The van der Waals surface area contributed by atoms with E-state index in [0.29, 0.717) is 5.69 Å². The maximum Gasteiger partial charge on any atom is 0.220 e. The number of nitrogens with zero attached hydrogens (tertiary/aromatic N) is 4. The van der Waals surface area contributed by atoms with Crippen molar-refractivity contribution in [3.05, 3.63) is 12.4 Å². The summed E-state index contributed by atoms with van der Waals surface area (Å²) in [5.41, 5.74) is 5.99. The largest absolute Gasteiger partial charge is 0.369 e. The second-order valence-electron chi connectivity index (χ2n) is 2.51. The van der Waals surface area contributed by atoms with Crippen LogP contribution in [0.3, 0.4) is 0 Å². The molecule has 2 N–H and O–H groups in total. The van der Waals surface area contributed by atoms with Crippen LogP contribution in [0.2, 0.25) is 0 Å². The summed E-state index contributed by atoms with van der Waals surface area (Å²) < 4.78 is 0. The molecule has 0 saturated carbocycles. The zero-order valence-corrected chi connectivity index (χ0v) is 7.10. The Hall–Kier alpha value is -1.65. The van der Waals surface area contributed by atoms with Crippen molar-refractivity contribution in [2.45, 2.75) is 0 Å². The highest BCUT2D eigenvalue weighted by atomic mass is 15.1. The molecule has 0 radical (unpaired) electrons. The van der Waals surface area contributed by atoms with Crippen LogP contribution in [0.1, 0.15) is 0 Å². The molecular formula is C7H11N5. The molecule has 0 aliphatic rings. The molecule has 0 aliphatic heterocycles.